The summed E-state index contributed by atoms with van der Waals surface area (Å²) in [6.07, 6.45) is 8.47. The highest BCUT2D eigenvalue weighted by Crippen LogP contribution is 2.40. The van der Waals surface area contributed by atoms with Crippen molar-refractivity contribution in [3.63, 3.8) is 0 Å². The first kappa shape index (κ1) is 15.6. The van der Waals surface area contributed by atoms with Crippen molar-refractivity contribution >= 4 is 8.07 Å². The van der Waals surface area contributed by atoms with Gasteiger partial charge in [0.25, 0.3) is 0 Å². The Morgan fingerprint density at radius 2 is 1.56 bits per heavy atom. The second-order valence-corrected chi connectivity index (χ2v) is 12.2. The fourth-order valence-electron chi connectivity index (χ4n) is 3.58. The maximum Gasteiger partial charge on any atom is 0.145 e. The van der Waals surface area contributed by atoms with Crippen LogP contribution in [0.2, 0.25) is 16.6 Å². The lowest BCUT2D eigenvalue weighted by Gasteiger charge is -2.38. The zero-order valence-corrected chi connectivity index (χ0v) is 14.1. The minimum Gasteiger partial charge on any atom is -0.130 e. The van der Waals surface area contributed by atoms with Gasteiger partial charge in [0.2, 0.25) is 0 Å². The maximum absolute atomic E-state index is 3.84. The maximum atomic E-state index is 3.84. The molecular weight excluding hydrogens is 232 g/mol. The fraction of sp³-hybridized carbons (Fsp3) is 0.765. The van der Waals surface area contributed by atoms with E-state index in [9.17, 15) is 0 Å². The summed E-state index contributed by atoms with van der Waals surface area (Å²) in [5, 5.41) is 0. The van der Waals surface area contributed by atoms with Gasteiger partial charge in [0.15, 0.2) is 0 Å². The summed E-state index contributed by atoms with van der Waals surface area (Å²) in [4.78, 5) is 0. The minimum absolute atomic E-state index is 0.530. The van der Waals surface area contributed by atoms with Gasteiger partial charge in [-0.3, -0.25) is 0 Å². The second kappa shape index (κ2) is 6.62. The van der Waals surface area contributed by atoms with Gasteiger partial charge in [0.1, 0.15) is 8.07 Å². The van der Waals surface area contributed by atoms with E-state index in [0.717, 1.165) is 16.6 Å². The molecule has 0 amide bonds. The molecule has 0 aromatic heterocycles. The average molecular weight is 263 g/mol. The molecule has 0 saturated heterocycles. The van der Waals surface area contributed by atoms with Gasteiger partial charge >= 0.3 is 0 Å². The predicted molar refractivity (Wildman–Crippen MR) is 85.3 cm³/mol. The summed E-state index contributed by atoms with van der Waals surface area (Å²) in [6, 6.07) is 0. The van der Waals surface area contributed by atoms with Gasteiger partial charge in [0.05, 0.1) is 0 Å². The average Bonchev–Trinajstić information content (AvgIpc) is 2.29. The molecule has 0 saturated carbocycles. The van der Waals surface area contributed by atoms with Crippen molar-refractivity contribution in [1.82, 2.24) is 0 Å². The van der Waals surface area contributed by atoms with Crippen LogP contribution < -0.4 is 0 Å². The summed E-state index contributed by atoms with van der Waals surface area (Å²) in [5.41, 5.74) is 6.08. The number of rotatable bonds is 3. The zero-order valence-electron chi connectivity index (χ0n) is 13.1. The molecule has 0 N–H and O–H groups in total. The van der Waals surface area contributed by atoms with E-state index in [-0.39, 0.29) is 0 Å². The molecule has 0 aromatic carbocycles. The first-order chi connectivity index (χ1) is 8.41. The van der Waals surface area contributed by atoms with Crippen molar-refractivity contribution in [1.29, 1.82) is 0 Å². The number of hydrogen-bond acceptors (Lipinski definition) is 0. The Morgan fingerprint density at radius 3 is 1.94 bits per heavy atom. The lowest BCUT2D eigenvalue weighted by Crippen LogP contribution is -2.43. The van der Waals surface area contributed by atoms with Gasteiger partial charge in [0, 0.05) is 5.92 Å². The SMILES string of the molecule is CC(C)[Si](C#CC1C=CCCC1)(C(C)C)C(C)C. The highest BCUT2D eigenvalue weighted by atomic mass is 28.3. The summed E-state index contributed by atoms with van der Waals surface area (Å²) in [6.45, 7) is 14.3. The molecule has 1 unspecified atom stereocenters. The Labute approximate surface area is 115 Å². The van der Waals surface area contributed by atoms with Gasteiger partial charge in [-0.15, -0.1) is 11.5 Å². The van der Waals surface area contributed by atoms with Crippen molar-refractivity contribution in [3.05, 3.63) is 12.2 Å². The van der Waals surface area contributed by atoms with Crippen LogP contribution in [0.1, 0.15) is 60.8 Å². The standard InChI is InChI=1S/C17H30Si/c1-14(2)18(15(3)4,16(5)6)13-12-17-10-8-7-9-11-17/h8,10,14-17H,7,9,11H2,1-6H3. The number of allylic oxidation sites excluding steroid dienone is 2. The molecule has 0 radical (unpaired) electrons. The molecule has 1 heteroatoms. The lowest BCUT2D eigenvalue weighted by atomic mass is 9.97. The topological polar surface area (TPSA) is 0 Å². The van der Waals surface area contributed by atoms with E-state index < -0.39 is 8.07 Å². The van der Waals surface area contributed by atoms with Crippen LogP contribution in [-0.4, -0.2) is 8.07 Å². The van der Waals surface area contributed by atoms with E-state index in [1.54, 1.807) is 0 Å². The molecule has 1 aliphatic rings. The molecular formula is C17H30Si. The zero-order chi connectivity index (χ0) is 13.8. The second-order valence-electron chi connectivity index (χ2n) is 6.63. The fourth-order valence-corrected chi connectivity index (χ4v) is 8.88. The third kappa shape index (κ3) is 3.29. The van der Waals surface area contributed by atoms with Gasteiger partial charge in [-0.2, -0.15) is 0 Å². The third-order valence-corrected chi connectivity index (χ3v) is 10.9. The van der Waals surface area contributed by atoms with Crippen molar-refractivity contribution in [2.75, 3.05) is 0 Å². The summed E-state index contributed by atoms with van der Waals surface area (Å²) < 4.78 is 0. The molecule has 0 fully saturated rings. The molecule has 0 aromatic rings. The monoisotopic (exact) mass is 262 g/mol. The first-order valence-corrected chi connectivity index (χ1v) is 9.83. The van der Waals surface area contributed by atoms with E-state index in [4.69, 9.17) is 0 Å². The molecule has 18 heavy (non-hydrogen) atoms. The van der Waals surface area contributed by atoms with Crippen LogP contribution in [0, 0.1) is 17.4 Å². The van der Waals surface area contributed by atoms with Crippen LogP contribution in [0.3, 0.4) is 0 Å². The van der Waals surface area contributed by atoms with Gasteiger partial charge in [-0.1, -0.05) is 53.7 Å². The summed E-state index contributed by atoms with van der Waals surface area (Å²) >= 11 is 0. The molecule has 1 atom stereocenters. The van der Waals surface area contributed by atoms with Gasteiger partial charge in [-0.05, 0) is 35.9 Å². The Morgan fingerprint density at radius 1 is 1.00 bits per heavy atom. The predicted octanol–water partition coefficient (Wildman–Crippen LogP) is 5.56. The van der Waals surface area contributed by atoms with E-state index >= 15 is 0 Å². The molecule has 0 bridgehead atoms. The van der Waals surface area contributed by atoms with Gasteiger partial charge in [-0.25, -0.2) is 0 Å². The lowest BCUT2D eigenvalue weighted by molar-refractivity contribution is 0.645. The summed E-state index contributed by atoms with van der Waals surface area (Å²) in [7, 11) is -1.51. The quantitative estimate of drug-likeness (QED) is 0.355. The smallest absolute Gasteiger partial charge is 0.130 e. The van der Waals surface area contributed by atoms with Crippen LogP contribution in [0.5, 0.6) is 0 Å². The molecule has 1 rings (SSSR count). The molecule has 1 aliphatic carbocycles. The van der Waals surface area contributed by atoms with Crippen molar-refractivity contribution < 1.29 is 0 Å². The van der Waals surface area contributed by atoms with Crippen LogP contribution in [0.4, 0.5) is 0 Å². The molecule has 0 spiro atoms. The van der Waals surface area contributed by atoms with E-state index in [0.29, 0.717) is 5.92 Å². The van der Waals surface area contributed by atoms with Crippen LogP contribution in [0.25, 0.3) is 0 Å². The van der Waals surface area contributed by atoms with Crippen molar-refractivity contribution in [2.24, 2.45) is 5.92 Å². The van der Waals surface area contributed by atoms with Crippen LogP contribution in [0.15, 0.2) is 12.2 Å². The van der Waals surface area contributed by atoms with Gasteiger partial charge < -0.3 is 0 Å². The van der Waals surface area contributed by atoms with Crippen LogP contribution in [-0.2, 0) is 0 Å². The summed E-state index contributed by atoms with van der Waals surface area (Å²) in [5.74, 6) is 4.16. The highest BCUT2D eigenvalue weighted by molar-refractivity contribution is 6.90. The van der Waals surface area contributed by atoms with E-state index in [1.165, 1.54) is 19.3 Å². The Bertz CT molecular complexity index is 317. The van der Waals surface area contributed by atoms with E-state index in [1.807, 2.05) is 0 Å². The molecule has 0 nitrogen and oxygen atoms in total. The number of hydrogen-bond donors (Lipinski definition) is 0. The highest BCUT2D eigenvalue weighted by Gasteiger charge is 2.41. The largest absolute Gasteiger partial charge is 0.145 e. The molecule has 0 aliphatic heterocycles. The molecule has 0 heterocycles. The van der Waals surface area contributed by atoms with Crippen molar-refractivity contribution in [3.8, 4) is 11.5 Å². The molecule has 102 valence electrons. The van der Waals surface area contributed by atoms with E-state index in [2.05, 4.69) is 65.2 Å². The van der Waals surface area contributed by atoms with Crippen LogP contribution >= 0.6 is 0 Å². The normalized spacial score (nSPS) is 20.4. The first-order valence-electron chi connectivity index (χ1n) is 7.60. The third-order valence-electron chi connectivity index (χ3n) is 4.59. The Kier molecular flexibility index (Phi) is 5.72. The van der Waals surface area contributed by atoms with Crippen molar-refractivity contribution in [2.45, 2.75) is 77.4 Å². The Balaban J connectivity index is 3.01. The Hall–Kier alpha value is -0.483. The minimum atomic E-state index is -1.51.